The Morgan fingerprint density at radius 1 is 1.10 bits per heavy atom. The lowest BCUT2D eigenvalue weighted by Gasteiger charge is -2.35. The topological polar surface area (TPSA) is 15.3 Å². The molecule has 1 fully saturated rings. The molecule has 0 atom stereocenters. The molecule has 0 amide bonds. The van der Waals surface area contributed by atoms with Gasteiger partial charge in [-0.1, -0.05) is 25.8 Å². The molecule has 1 aromatic rings. The molecule has 21 heavy (non-hydrogen) atoms. The van der Waals surface area contributed by atoms with Crippen molar-refractivity contribution in [3.63, 3.8) is 0 Å². The van der Waals surface area contributed by atoms with Gasteiger partial charge in [0, 0.05) is 31.2 Å². The van der Waals surface area contributed by atoms with Gasteiger partial charge >= 0.3 is 0 Å². The normalized spacial score (nSPS) is 17.1. The summed E-state index contributed by atoms with van der Waals surface area (Å²) in [4.78, 5) is 2.47. The molecule has 0 bridgehead atoms. The average molecular weight is 288 g/mol. The fourth-order valence-corrected chi connectivity index (χ4v) is 3.81. The number of hydrogen-bond donors (Lipinski definition) is 1. The van der Waals surface area contributed by atoms with Crippen molar-refractivity contribution in [1.82, 2.24) is 5.32 Å². The molecule has 0 heterocycles. The van der Waals surface area contributed by atoms with E-state index in [9.17, 15) is 0 Å². The highest BCUT2D eigenvalue weighted by molar-refractivity contribution is 5.50. The van der Waals surface area contributed by atoms with Gasteiger partial charge in [0.25, 0.3) is 0 Å². The first-order chi connectivity index (χ1) is 10.0. The van der Waals surface area contributed by atoms with Crippen LogP contribution in [0.3, 0.4) is 0 Å². The zero-order chi connectivity index (χ0) is 15.3. The van der Waals surface area contributed by atoms with Crippen molar-refractivity contribution in [2.75, 3.05) is 31.6 Å². The Morgan fingerprint density at radius 3 is 2.29 bits per heavy atom. The molecule has 1 aliphatic rings. The summed E-state index contributed by atoms with van der Waals surface area (Å²) in [5.74, 6) is 0. The lowest BCUT2D eigenvalue weighted by Crippen LogP contribution is -2.41. The maximum Gasteiger partial charge on any atom is 0.0369 e. The lowest BCUT2D eigenvalue weighted by atomic mass is 9.85. The van der Waals surface area contributed by atoms with Crippen LogP contribution in [-0.2, 0) is 0 Å². The number of nitrogens with zero attached hydrogens (tertiary/aromatic N) is 1. The standard InChI is InChI=1S/C19H32N2/c1-5-10-20-14-19(8-6-7-9-19)15-21(4)18-12-16(2)11-17(3)13-18/h11-13,20H,5-10,14-15H2,1-4H3. The van der Waals surface area contributed by atoms with Gasteiger partial charge in [-0.15, -0.1) is 0 Å². The Bertz CT molecular complexity index is 427. The van der Waals surface area contributed by atoms with Crippen molar-refractivity contribution in [2.45, 2.75) is 52.9 Å². The van der Waals surface area contributed by atoms with E-state index in [-0.39, 0.29) is 0 Å². The first-order valence-electron chi connectivity index (χ1n) is 8.55. The van der Waals surface area contributed by atoms with Crippen LogP contribution in [-0.4, -0.2) is 26.7 Å². The Labute approximate surface area is 130 Å². The molecule has 1 saturated carbocycles. The molecule has 0 aromatic heterocycles. The van der Waals surface area contributed by atoms with Crippen LogP contribution in [0.5, 0.6) is 0 Å². The molecular weight excluding hydrogens is 256 g/mol. The zero-order valence-electron chi connectivity index (χ0n) is 14.3. The fraction of sp³-hybridized carbons (Fsp3) is 0.684. The molecule has 118 valence electrons. The second-order valence-corrected chi connectivity index (χ2v) is 7.09. The zero-order valence-corrected chi connectivity index (χ0v) is 14.3. The highest BCUT2D eigenvalue weighted by Gasteiger charge is 2.34. The Balaban J connectivity index is 2.05. The number of hydrogen-bond acceptors (Lipinski definition) is 2. The highest BCUT2D eigenvalue weighted by atomic mass is 15.1. The maximum atomic E-state index is 3.67. The van der Waals surface area contributed by atoms with Gasteiger partial charge in [0.05, 0.1) is 0 Å². The van der Waals surface area contributed by atoms with Crippen molar-refractivity contribution in [1.29, 1.82) is 0 Å². The van der Waals surface area contributed by atoms with E-state index in [4.69, 9.17) is 0 Å². The van der Waals surface area contributed by atoms with E-state index < -0.39 is 0 Å². The van der Waals surface area contributed by atoms with Crippen LogP contribution in [0.4, 0.5) is 5.69 Å². The van der Waals surface area contributed by atoms with E-state index in [0.29, 0.717) is 5.41 Å². The monoisotopic (exact) mass is 288 g/mol. The van der Waals surface area contributed by atoms with Gasteiger partial charge in [-0.25, -0.2) is 0 Å². The van der Waals surface area contributed by atoms with E-state index >= 15 is 0 Å². The van der Waals surface area contributed by atoms with Gasteiger partial charge < -0.3 is 10.2 Å². The minimum Gasteiger partial charge on any atom is -0.374 e. The number of aryl methyl sites for hydroxylation is 2. The van der Waals surface area contributed by atoms with E-state index in [0.717, 1.165) is 6.54 Å². The minimum atomic E-state index is 0.474. The Morgan fingerprint density at radius 2 is 1.71 bits per heavy atom. The van der Waals surface area contributed by atoms with Gasteiger partial charge in [-0.2, -0.15) is 0 Å². The summed E-state index contributed by atoms with van der Waals surface area (Å²) < 4.78 is 0. The molecule has 1 aliphatic carbocycles. The minimum absolute atomic E-state index is 0.474. The van der Waals surface area contributed by atoms with Crippen molar-refractivity contribution in [3.05, 3.63) is 29.3 Å². The van der Waals surface area contributed by atoms with Crippen LogP contribution in [0.25, 0.3) is 0 Å². The molecule has 1 N–H and O–H groups in total. The van der Waals surface area contributed by atoms with Gasteiger partial charge in [-0.05, 0) is 62.9 Å². The third-order valence-electron chi connectivity index (χ3n) is 4.81. The lowest BCUT2D eigenvalue weighted by molar-refractivity contribution is 0.287. The number of rotatable bonds is 7. The number of benzene rings is 1. The third kappa shape index (κ3) is 4.47. The predicted molar refractivity (Wildman–Crippen MR) is 93.2 cm³/mol. The van der Waals surface area contributed by atoms with E-state index in [1.165, 1.54) is 62.0 Å². The molecule has 0 radical (unpaired) electrons. The molecule has 1 aromatic carbocycles. The first kappa shape index (κ1) is 16.4. The van der Waals surface area contributed by atoms with Gasteiger partial charge in [-0.3, -0.25) is 0 Å². The molecule has 0 unspecified atom stereocenters. The van der Waals surface area contributed by atoms with Crippen molar-refractivity contribution < 1.29 is 0 Å². The summed E-state index contributed by atoms with van der Waals surface area (Å²) in [6, 6.07) is 6.88. The third-order valence-corrected chi connectivity index (χ3v) is 4.81. The largest absolute Gasteiger partial charge is 0.374 e. The fourth-order valence-electron chi connectivity index (χ4n) is 3.81. The smallest absolute Gasteiger partial charge is 0.0369 e. The van der Waals surface area contributed by atoms with Crippen molar-refractivity contribution in [3.8, 4) is 0 Å². The summed E-state index contributed by atoms with van der Waals surface area (Å²) >= 11 is 0. The van der Waals surface area contributed by atoms with Crippen LogP contribution in [0, 0.1) is 19.3 Å². The summed E-state index contributed by atoms with van der Waals surface area (Å²) in [6.45, 7) is 10.1. The van der Waals surface area contributed by atoms with E-state index in [1.54, 1.807) is 0 Å². The SMILES string of the molecule is CCCNCC1(CN(C)c2cc(C)cc(C)c2)CCCC1. The maximum absolute atomic E-state index is 3.67. The summed E-state index contributed by atoms with van der Waals surface area (Å²) in [5, 5.41) is 3.67. The van der Waals surface area contributed by atoms with Gasteiger partial charge in [0.1, 0.15) is 0 Å². The number of anilines is 1. The predicted octanol–water partition coefficient (Wildman–Crippen LogP) is 4.30. The van der Waals surface area contributed by atoms with Crippen LogP contribution in [0.2, 0.25) is 0 Å². The molecular formula is C19H32N2. The molecule has 0 aliphatic heterocycles. The molecule has 0 spiro atoms. The van der Waals surface area contributed by atoms with Gasteiger partial charge in [0.2, 0.25) is 0 Å². The first-order valence-corrected chi connectivity index (χ1v) is 8.55. The average Bonchev–Trinajstić information content (AvgIpc) is 2.86. The highest BCUT2D eigenvalue weighted by Crippen LogP contribution is 2.39. The summed E-state index contributed by atoms with van der Waals surface area (Å²) in [7, 11) is 2.26. The molecule has 2 nitrogen and oxygen atoms in total. The van der Waals surface area contributed by atoms with Crippen LogP contribution >= 0.6 is 0 Å². The Hall–Kier alpha value is -1.02. The van der Waals surface area contributed by atoms with E-state index in [1.807, 2.05) is 0 Å². The van der Waals surface area contributed by atoms with Crippen LogP contribution < -0.4 is 10.2 Å². The molecule has 0 saturated heterocycles. The van der Waals surface area contributed by atoms with Crippen molar-refractivity contribution >= 4 is 5.69 Å². The number of nitrogens with one attached hydrogen (secondary N) is 1. The van der Waals surface area contributed by atoms with Crippen molar-refractivity contribution in [2.24, 2.45) is 5.41 Å². The molecule has 2 rings (SSSR count). The van der Waals surface area contributed by atoms with E-state index in [2.05, 4.69) is 56.2 Å². The molecule has 2 heteroatoms. The quantitative estimate of drug-likeness (QED) is 0.753. The second-order valence-electron chi connectivity index (χ2n) is 7.09. The summed E-state index contributed by atoms with van der Waals surface area (Å²) in [5.41, 5.74) is 4.57. The summed E-state index contributed by atoms with van der Waals surface area (Å²) in [6.07, 6.45) is 6.77. The van der Waals surface area contributed by atoms with Gasteiger partial charge in [0.15, 0.2) is 0 Å². The second kappa shape index (κ2) is 7.31. The Kier molecular flexibility index (Phi) is 5.69. The van der Waals surface area contributed by atoms with Crippen LogP contribution in [0.15, 0.2) is 18.2 Å². The van der Waals surface area contributed by atoms with Crippen LogP contribution in [0.1, 0.15) is 50.2 Å².